The van der Waals surface area contributed by atoms with Crippen LogP contribution in [0.15, 0.2) is 23.4 Å². The SMILES string of the molecule is Cc1cc(C)cc(-n2nnnc2S[C@H](C)C(=O)NC2CC2)c1. The largest absolute Gasteiger partial charge is 0.352 e. The second kappa shape index (κ2) is 6.08. The zero-order valence-electron chi connectivity index (χ0n) is 12.9. The number of tetrazole rings is 1. The van der Waals surface area contributed by atoms with E-state index in [9.17, 15) is 4.79 Å². The van der Waals surface area contributed by atoms with Gasteiger partial charge in [0, 0.05) is 6.04 Å². The Morgan fingerprint density at radius 1 is 1.32 bits per heavy atom. The number of rotatable bonds is 5. The number of aryl methyl sites for hydroxylation is 2. The average molecular weight is 317 g/mol. The molecule has 7 heteroatoms. The van der Waals surface area contributed by atoms with Crippen LogP contribution < -0.4 is 5.32 Å². The predicted octanol–water partition coefficient (Wildman–Crippen LogP) is 2.04. The van der Waals surface area contributed by atoms with Crippen molar-refractivity contribution in [2.75, 3.05) is 0 Å². The third-order valence-corrected chi connectivity index (χ3v) is 4.50. The number of carbonyl (C=O) groups excluding carboxylic acids is 1. The van der Waals surface area contributed by atoms with E-state index < -0.39 is 0 Å². The van der Waals surface area contributed by atoms with Gasteiger partial charge >= 0.3 is 0 Å². The van der Waals surface area contributed by atoms with E-state index in [-0.39, 0.29) is 11.2 Å². The standard InChI is InChI=1S/C15H19N5OS/c1-9-6-10(2)8-13(7-9)20-15(17-18-19-20)22-11(3)14(21)16-12-4-5-12/h6-8,11-12H,4-5H2,1-3H3,(H,16,21)/t11-/m1/s1. The summed E-state index contributed by atoms with van der Waals surface area (Å²) in [6.45, 7) is 5.96. The second-order valence-corrected chi connectivity index (χ2v) is 7.07. The van der Waals surface area contributed by atoms with Crippen LogP contribution in [0.25, 0.3) is 5.69 Å². The van der Waals surface area contributed by atoms with E-state index in [2.05, 4.69) is 26.9 Å². The van der Waals surface area contributed by atoms with E-state index in [0.717, 1.165) is 29.7 Å². The first-order valence-electron chi connectivity index (χ1n) is 7.37. The molecule has 1 N–H and O–H groups in total. The van der Waals surface area contributed by atoms with Crippen LogP contribution in [0.1, 0.15) is 30.9 Å². The molecule has 1 saturated carbocycles. The van der Waals surface area contributed by atoms with Gasteiger partial charge in [-0.1, -0.05) is 17.8 Å². The first-order chi connectivity index (χ1) is 10.5. The molecule has 1 atom stereocenters. The molecule has 1 aliphatic rings. The monoisotopic (exact) mass is 317 g/mol. The van der Waals surface area contributed by atoms with Gasteiger partial charge in [-0.2, -0.15) is 4.68 Å². The van der Waals surface area contributed by atoms with Crippen molar-refractivity contribution in [3.63, 3.8) is 0 Å². The highest BCUT2D eigenvalue weighted by Gasteiger charge is 2.27. The van der Waals surface area contributed by atoms with Crippen molar-refractivity contribution in [2.45, 2.75) is 50.1 Å². The van der Waals surface area contributed by atoms with E-state index in [4.69, 9.17) is 0 Å². The molecule has 0 radical (unpaired) electrons. The Bertz CT molecular complexity index is 675. The molecule has 1 amide bonds. The highest BCUT2D eigenvalue weighted by Crippen LogP contribution is 2.25. The van der Waals surface area contributed by atoms with Crippen LogP contribution in [0.4, 0.5) is 0 Å². The summed E-state index contributed by atoms with van der Waals surface area (Å²) in [4.78, 5) is 12.1. The van der Waals surface area contributed by atoms with Gasteiger partial charge in [-0.05, 0) is 67.3 Å². The molecule has 116 valence electrons. The van der Waals surface area contributed by atoms with Gasteiger partial charge in [0.1, 0.15) is 0 Å². The smallest absolute Gasteiger partial charge is 0.233 e. The van der Waals surface area contributed by atoms with E-state index in [1.54, 1.807) is 4.68 Å². The van der Waals surface area contributed by atoms with Crippen molar-refractivity contribution in [3.8, 4) is 5.69 Å². The zero-order chi connectivity index (χ0) is 15.7. The van der Waals surface area contributed by atoms with Crippen molar-refractivity contribution in [1.29, 1.82) is 0 Å². The maximum atomic E-state index is 12.1. The molecule has 1 fully saturated rings. The van der Waals surface area contributed by atoms with Gasteiger partial charge in [-0.3, -0.25) is 4.79 Å². The molecule has 1 heterocycles. The summed E-state index contributed by atoms with van der Waals surface area (Å²) >= 11 is 1.38. The summed E-state index contributed by atoms with van der Waals surface area (Å²) in [5, 5.41) is 15.3. The van der Waals surface area contributed by atoms with Crippen LogP contribution in [-0.4, -0.2) is 37.4 Å². The van der Waals surface area contributed by atoms with Gasteiger partial charge in [0.2, 0.25) is 11.1 Å². The fourth-order valence-electron chi connectivity index (χ4n) is 2.25. The third-order valence-electron chi connectivity index (χ3n) is 3.47. The molecule has 0 aliphatic heterocycles. The summed E-state index contributed by atoms with van der Waals surface area (Å²) in [6, 6.07) is 6.53. The van der Waals surface area contributed by atoms with Crippen LogP contribution in [-0.2, 0) is 4.79 Å². The topological polar surface area (TPSA) is 72.7 Å². The summed E-state index contributed by atoms with van der Waals surface area (Å²) in [5.74, 6) is 0.0440. The maximum absolute atomic E-state index is 12.1. The van der Waals surface area contributed by atoms with Crippen LogP contribution in [0.3, 0.4) is 0 Å². The van der Waals surface area contributed by atoms with Crippen molar-refractivity contribution in [3.05, 3.63) is 29.3 Å². The second-order valence-electron chi connectivity index (χ2n) is 5.76. The lowest BCUT2D eigenvalue weighted by molar-refractivity contribution is -0.120. The van der Waals surface area contributed by atoms with Gasteiger partial charge in [-0.15, -0.1) is 5.10 Å². The Balaban J connectivity index is 1.77. The highest BCUT2D eigenvalue weighted by molar-refractivity contribution is 8.00. The summed E-state index contributed by atoms with van der Waals surface area (Å²) in [7, 11) is 0. The minimum absolute atomic E-state index is 0.0440. The van der Waals surface area contributed by atoms with Crippen LogP contribution in [0, 0.1) is 13.8 Å². The molecule has 0 bridgehead atoms. The van der Waals surface area contributed by atoms with E-state index in [1.807, 2.05) is 32.9 Å². The number of aromatic nitrogens is 4. The molecule has 6 nitrogen and oxygen atoms in total. The van der Waals surface area contributed by atoms with E-state index >= 15 is 0 Å². The minimum Gasteiger partial charge on any atom is -0.352 e. The number of nitrogens with zero attached hydrogens (tertiary/aromatic N) is 4. The predicted molar refractivity (Wildman–Crippen MR) is 85.1 cm³/mol. The molecule has 0 unspecified atom stereocenters. The lowest BCUT2D eigenvalue weighted by atomic mass is 10.1. The van der Waals surface area contributed by atoms with Gasteiger partial charge in [0.05, 0.1) is 10.9 Å². The molecule has 0 saturated heterocycles. The molecule has 0 spiro atoms. The number of benzene rings is 1. The molecular formula is C15H19N5OS. The Kier molecular flexibility index (Phi) is 4.15. The molecule has 3 rings (SSSR count). The number of nitrogens with one attached hydrogen (secondary N) is 1. The summed E-state index contributed by atoms with van der Waals surface area (Å²) in [6.07, 6.45) is 2.17. The lowest BCUT2D eigenvalue weighted by Crippen LogP contribution is -2.32. The van der Waals surface area contributed by atoms with Gasteiger partial charge in [0.25, 0.3) is 0 Å². The fraction of sp³-hybridized carbons (Fsp3) is 0.467. The van der Waals surface area contributed by atoms with Crippen LogP contribution in [0.2, 0.25) is 0 Å². The number of hydrogen-bond acceptors (Lipinski definition) is 5. The maximum Gasteiger partial charge on any atom is 0.233 e. The number of amides is 1. The van der Waals surface area contributed by atoms with Gasteiger partial charge in [-0.25, -0.2) is 0 Å². The van der Waals surface area contributed by atoms with Gasteiger partial charge < -0.3 is 5.32 Å². The molecule has 1 aromatic carbocycles. The van der Waals surface area contributed by atoms with Crippen molar-refractivity contribution in [1.82, 2.24) is 25.5 Å². The number of hydrogen-bond donors (Lipinski definition) is 1. The summed E-state index contributed by atoms with van der Waals surface area (Å²) in [5.41, 5.74) is 3.22. The fourth-order valence-corrected chi connectivity index (χ4v) is 3.06. The van der Waals surface area contributed by atoms with E-state index in [1.165, 1.54) is 11.8 Å². The quantitative estimate of drug-likeness (QED) is 0.854. The number of thioether (sulfide) groups is 1. The summed E-state index contributed by atoms with van der Waals surface area (Å²) < 4.78 is 1.69. The van der Waals surface area contributed by atoms with Crippen molar-refractivity contribution >= 4 is 17.7 Å². The molecule has 2 aromatic rings. The first-order valence-corrected chi connectivity index (χ1v) is 8.25. The van der Waals surface area contributed by atoms with Crippen LogP contribution in [0.5, 0.6) is 0 Å². The van der Waals surface area contributed by atoms with Crippen molar-refractivity contribution < 1.29 is 4.79 Å². The Morgan fingerprint density at radius 2 is 2.00 bits per heavy atom. The minimum atomic E-state index is -0.226. The molecule has 22 heavy (non-hydrogen) atoms. The zero-order valence-corrected chi connectivity index (χ0v) is 13.7. The lowest BCUT2D eigenvalue weighted by Gasteiger charge is -2.11. The normalized spacial score (nSPS) is 15.6. The molecular weight excluding hydrogens is 298 g/mol. The molecule has 1 aromatic heterocycles. The third kappa shape index (κ3) is 3.47. The first kappa shape index (κ1) is 15.0. The number of carbonyl (C=O) groups is 1. The van der Waals surface area contributed by atoms with Crippen LogP contribution >= 0.6 is 11.8 Å². The Hall–Kier alpha value is -1.89. The Labute approximate surface area is 133 Å². The van der Waals surface area contributed by atoms with Gasteiger partial charge in [0.15, 0.2) is 0 Å². The molecule has 1 aliphatic carbocycles. The average Bonchev–Trinajstić information content (AvgIpc) is 3.13. The Morgan fingerprint density at radius 3 is 2.64 bits per heavy atom. The highest BCUT2D eigenvalue weighted by atomic mass is 32.2. The van der Waals surface area contributed by atoms with E-state index in [0.29, 0.717) is 11.2 Å². The van der Waals surface area contributed by atoms with Crippen molar-refractivity contribution in [2.24, 2.45) is 0 Å².